The van der Waals surface area contributed by atoms with Crippen molar-refractivity contribution in [3.8, 4) is 11.1 Å². The molecule has 0 aliphatic heterocycles. The summed E-state index contributed by atoms with van der Waals surface area (Å²) in [5.74, 6) is 2.09. The van der Waals surface area contributed by atoms with Crippen molar-refractivity contribution in [1.29, 1.82) is 0 Å². The fourth-order valence-corrected chi connectivity index (χ4v) is 4.44. The second-order valence-corrected chi connectivity index (χ2v) is 8.14. The number of anilines is 1. The van der Waals surface area contributed by atoms with E-state index in [9.17, 15) is 0 Å². The van der Waals surface area contributed by atoms with E-state index in [4.69, 9.17) is 0 Å². The number of fused-ring (bicyclic) bond motifs is 2. The second-order valence-electron chi connectivity index (χ2n) is 8.14. The lowest BCUT2D eigenvalue weighted by Crippen LogP contribution is -2.32. The van der Waals surface area contributed by atoms with Crippen LogP contribution in [0.5, 0.6) is 0 Å². The Kier molecular flexibility index (Phi) is 5.08. The molecule has 2 N–H and O–H groups in total. The predicted molar refractivity (Wildman–Crippen MR) is 118 cm³/mol. The molecule has 0 atom stereocenters. The molecule has 156 valence electrons. The standard InChI is InChI=1S/C22H28N8/c1-3-18-12-27-22-26-11-16(14-29(18)22)19-8-9-30-20(19)13-25-21(28-30)24-10-15-4-6-17(23-2)7-5-15/h8-9,11-15,17,23H,3-7,10H2,1-2H3,(H,24,28). The Balaban J connectivity index is 1.34. The van der Waals surface area contributed by atoms with Gasteiger partial charge in [-0.25, -0.2) is 19.5 Å². The van der Waals surface area contributed by atoms with Crippen LogP contribution in [0.3, 0.4) is 0 Å². The maximum absolute atomic E-state index is 4.67. The van der Waals surface area contributed by atoms with Crippen LogP contribution in [0.25, 0.3) is 22.4 Å². The fourth-order valence-electron chi connectivity index (χ4n) is 4.44. The van der Waals surface area contributed by atoms with Crippen LogP contribution >= 0.6 is 0 Å². The van der Waals surface area contributed by atoms with Gasteiger partial charge in [-0.1, -0.05) is 6.92 Å². The van der Waals surface area contributed by atoms with Gasteiger partial charge in [-0.2, -0.15) is 0 Å². The molecule has 4 aromatic heterocycles. The molecular weight excluding hydrogens is 376 g/mol. The predicted octanol–water partition coefficient (Wildman–Crippen LogP) is 3.19. The first kappa shape index (κ1) is 19.0. The lowest BCUT2D eigenvalue weighted by atomic mass is 9.86. The molecule has 0 spiro atoms. The molecule has 1 aliphatic rings. The number of hydrogen-bond acceptors (Lipinski definition) is 6. The minimum atomic E-state index is 0.677. The van der Waals surface area contributed by atoms with Crippen LogP contribution in [0.15, 0.2) is 37.1 Å². The SMILES string of the molecule is CCc1cnc2ncc(-c3ccn4nc(NCC5CCC(NC)CC5)ncc34)cn12. The first-order valence-corrected chi connectivity index (χ1v) is 10.8. The molecule has 4 heterocycles. The van der Waals surface area contributed by atoms with E-state index in [0.717, 1.165) is 41.1 Å². The first-order valence-electron chi connectivity index (χ1n) is 10.8. The zero-order valence-electron chi connectivity index (χ0n) is 17.5. The smallest absolute Gasteiger partial charge is 0.241 e. The van der Waals surface area contributed by atoms with Crippen molar-refractivity contribution >= 4 is 17.2 Å². The first-order chi connectivity index (χ1) is 14.7. The van der Waals surface area contributed by atoms with E-state index in [0.29, 0.717) is 17.9 Å². The maximum atomic E-state index is 4.67. The molecule has 0 aromatic carbocycles. The topological polar surface area (TPSA) is 84.4 Å². The minimum absolute atomic E-state index is 0.677. The molecule has 1 saturated carbocycles. The van der Waals surface area contributed by atoms with Crippen LogP contribution in [0.1, 0.15) is 38.3 Å². The van der Waals surface area contributed by atoms with Gasteiger partial charge in [0.2, 0.25) is 11.7 Å². The van der Waals surface area contributed by atoms with E-state index >= 15 is 0 Å². The molecule has 30 heavy (non-hydrogen) atoms. The highest BCUT2D eigenvalue weighted by Crippen LogP contribution is 2.26. The normalized spacial score (nSPS) is 19.5. The Morgan fingerprint density at radius 3 is 2.70 bits per heavy atom. The van der Waals surface area contributed by atoms with Gasteiger partial charge in [-0.3, -0.25) is 4.40 Å². The average Bonchev–Trinajstić information content (AvgIpc) is 3.41. The van der Waals surface area contributed by atoms with Crippen molar-refractivity contribution < 1.29 is 0 Å². The lowest BCUT2D eigenvalue weighted by molar-refractivity contribution is 0.312. The number of hydrogen-bond donors (Lipinski definition) is 2. The molecule has 8 nitrogen and oxygen atoms in total. The van der Waals surface area contributed by atoms with Gasteiger partial charge in [-0.15, -0.1) is 5.10 Å². The van der Waals surface area contributed by atoms with Gasteiger partial charge >= 0.3 is 0 Å². The summed E-state index contributed by atoms with van der Waals surface area (Å²) in [4.78, 5) is 13.4. The van der Waals surface area contributed by atoms with E-state index in [2.05, 4.69) is 61.3 Å². The Morgan fingerprint density at radius 2 is 1.90 bits per heavy atom. The van der Waals surface area contributed by atoms with E-state index in [1.54, 1.807) is 0 Å². The van der Waals surface area contributed by atoms with Crippen LogP contribution in [0, 0.1) is 5.92 Å². The van der Waals surface area contributed by atoms with Crippen LogP contribution in [0.4, 0.5) is 5.95 Å². The minimum Gasteiger partial charge on any atom is -0.353 e. The van der Waals surface area contributed by atoms with Gasteiger partial charge in [0.25, 0.3) is 0 Å². The molecule has 0 bridgehead atoms. The van der Waals surface area contributed by atoms with Gasteiger partial charge in [0, 0.05) is 48.0 Å². The monoisotopic (exact) mass is 404 g/mol. The highest BCUT2D eigenvalue weighted by atomic mass is 15.3. The molecule has 1 aliphatic carbocycles. The van der Waals surface area contributed by atoms with Gasteiger partial charge in [0.15, 0.2) is 0 Å². The van der Waals surface area contributed by atoms with Crippen LogP contribution in [0.2, 0.25) is 0 Å². The summed E-state index contributed by atoms with van der Waals surface area (Å²) in [6.45, 7) is 3.05. The third-order valence-electron chi connectivity index (χ3n) is 6.34. The molecule has 0 radical (unpaired) electrons. The lowest BCUT2D eigenvalue weighted by Gasteiger charge is -2.28. The number of nitrogens with one attached hydrogen (secondary N) is 2. The highest BCUT2D eigenvalue weighted by Gasteiger charge is 2.20. The van der Waals surface area contributed by atoms with Crippen molar-refractivity contribution in [3.05, 3.63) is 42.7 Å². The van der Waals surface area contributed by atoms with Crippen LogP contribution < -0.4 is 10.6 Å². The van der Waals surface area contributed by atoms with Crippen molar-refractivity contribution in [2.75, 3.05) is 18.9 Å². The van der Waals surface area contributed by atoms with Gasteiger partial charge < -0.3 is 10.6 Å². The molecule has 0 amide bonds. The summed E-state index contributed by atoms with van der Waals surface area (Å²) in [6.07, 6.45) is 15.6. The van der Waals surface area contributed by atoms with Gasteiger partial charge in [0.05, 0.1) is 17.9 Å². The summed E-state index contributed by atoms with van der Waals surface area (Å²) in [6, 6.07) is 2.75. The van der Waals surface area contributed by atoms with Crippen molar-refractivity contribution in [2.24, 2.45) is 5.92 Å². The van der Waals surface area contributed by atoms with E-state index in [1.165, 1.54) is 25.7 Å². The van der Waals surface area contributed by atoms with Crippen molar-refractivity contribution in [2.45, 2.75) is 45.1 Å². The summed E-state index contributed by atoms with van der Waals surface area (Å²) in [7, 11) is 2.06. The third-order valence-corrected chi connectivity index (χ3v) is 6.34. The number of imidazole rings is 1. The summed E-state index contributed by atoms with van der Waals surface area (Å²) < 4.78 is 3.94. The van der Waals surface area contributed by atoms with Gasteiger partial charge in [-0.05, 0) is 51.1 Å². The second kappa shape index (κ2) is 8.02. The summed E-state index contributed by atoms with van der Waals surface area (Å²) in [5.41, 5.74) is 4.21. The zero-order chi connectivity index (χ0) is 20.5. The van der Waals surface area contributed by atoms with Gasteiger partial charge in [0.1, 0.15) is 0 Å². The van der Waals surface area contributed by atoms with E-state index in [-0.39, 0.29) is 0 Å². The number of nitrogens with zero attached hydrogens (tertiary/aromatic N) is 6. The highest BCUT2D eigenvalue weighted by molar-refractivity contribution is 5.79. The Labute approximate surface area is 175 Å². The van der Waals surface area contributed by atoms with Crippen molar-refractivity contribution in [3.63, 3.8) is 0 Å². The quantitative estimate of drug-likeness (QED) is 0.513. The van der Waals surface area contributed by atoms with E-state index in [1.807, 2.05) is 29.3 Å². The Hall–Kier alpha value is -3.00. The molecule has 1 fully saturated rings. The van der Waals surface area contributed by atoms with E-state index < -0.39 is 0 Å². The van der Waals surface area contributed by atoms with Crippen LogP contribution in [-0.2, 0) is 6.42 Å². The third kappa shape index (κ3) is 3.52. The fraction of sp³-hybridized carbons (Fsp3) is 0.455. The summed E-state index contributed by atoms with van der Waals surface area (Å²) in [5, 5.41) is 11.5. The number of aromatic nitrogens is 6. The molecule has 4 aromatic rings. The molecular formula is C22H28N8. The van der Waals surface area contributed by atoms with Crippen molar-refractivity contribution in [1.82, 2.24) is 34.3 Å². The maximum Gasteiger partial charge on any atom is 0.241 e. The summed E-state index contributed by atoms with van der Waals surface area (Å²) >= 11 is 0. The number of rotatable bonds is 6. The largest absolute Gasteiger partial charge is 0.353 e. The molecule has 5 rings (SSSR count). The zero-order valence-corrected chi connectivity index (χ0v) is 17.5. The average molecular weight is 405 g/mol. The Bertz CT molecular complexity index is 1150. The molecule has 0 unspecified atom stereocenters. The molecule has 8 heteroatoms. The Morgan fingerprint density at radius 1 is 1.07 bits per heavy atom. The number of aryl methyl sites for hydroxylation is 1. The van der Waals surface area contributed by atoms with Crippen LogP contribution in [-0.4, -0.2) is 48.6 Å². The molecule has 0 saturated heterocycles.